The summed E-state index contributed by atoms with van der Waals surface area (Å²) in [6.45, 7) is 0. The number of nitrogens with one attached hydrogen (secondary N) is 1. The summed E-state index contributed by atoms with van der Waals surface area (Å²) in [7, 11) is 0. The SMILES string of the molecule is Nc1cncc(Nc2ccc(F)c(C(F)(F)F)c2)n1. The van der Waals surface area contributed by atoms with Gasteiger partial charge < -0.3 is 11.1 Å². The molecule has 0 saturated heterocycles. The van der Waals surface area contributed by atoms with Gasteiger partial charge in [0.15, 0.2) is 5.82 Å². The monoisotopic (exact) mass is 272 g/mol. The van der Waals surface area contributed by atoms with Crippen molar-refractivity contribution in [3.05, 3.63) is 42.0 Å². The molecule has 19 heavy (non-hydrogen) atoms. The second kappa shape index (κ2) is 4.71. The summed E-state index contributed by atoms with van der Waals surface area (Å²) in [5.41, 5.74) is 4.07. The molecular formula is C11H8F4N4. The van der Waals surface area contributed by atoms with Crippen LogP contribution in [-0.4, -0.2) is 9.97 Å². The van der Waals surface area contributed by atoms with E-state index in [9.17, 15) is 17.6 Å². The number of anilines is 3. The maximum absolute atomic E-state index is 13.1. The molecule has 0 aliphatic carbocycles. The fraction of sp³-hybridized carbons (Fsp3) is 0.0909. The lowest BCUT2D eigenvalue weighted by molar-refractivity contribution is -0.139. The molecule has 0 aliphatic heterocycles. The number of nitrogens with zero attached hydrogens (tertiary/aromatic N) is 2. The van der Waals surface area contributed by atoms with E-state index in [-0.39, 0.29) is 17.3 Å². The molecule has 0 atom stereocenters. The number of benzene rings is 1. The van der Waals surface area contributed by atoms with Crippen LogP contribution in [0.3, 0.4) is 0 Å². The number of nitrogens with two attached hydrogens (primary N) is 1. The molecule has 0 aliphatic rings. The number of alkyl halides is 3. The first kappa shape index (κ1) is 13.1. The molecule has 1 heterocycles. The van der Waals surface area contributed by atoms with Gasteiger partial charge in [-0.05, 0) is 18.2 Å². The molecule has 0 amide bonds. The Balaban J connectivity index is 2.32. The lowest BCUT2D eigenvalue weighted by atomic mass is 10.2. The number of aromatic nitrogens is 2. The first-order valence-corrected chi connectivity index (χ1v) is 5.07. The third-order valence-corrected chi connectivity index (χ3v) is 2.20. The number of hydrogen-bond acceptors (Lipinski definition) is 4. The minimum absolute atomic E-state index is 0.0358. The first-order valence-electron chi connectivity index (χ1n) is 5.07. The molecule has 2 rings (SSSR count). The van der Waals surface area contributed by atoms with Gasteiger partial charge in [0.05, 0.1) is 18.0 Å². The average Bonchev–Trinajstić information content (AvgIpc) is 2.30. The summed E-state index contributed by atoms with van der Waals surface area (Å²) in [6, 6.07) is 2.54. The number of hydrogen-bond donors (Lipinski definition) is 2. The predicted molar refractivity (Wildman–Crippen MR) is 61.1 cm³/mol. The third kappa shape index (κ3) is 3.09. The molecule has 0 saturated carbocycles. The maximum Gasteiger partial charge on any atom is 0.419 e. The van der Waals surface area contributed by atoms with E-state index in [1.807, 2.05) is 0 Å². The van der Waals surface area contributed by atoms with Crippen molar-refractivity contribution in [2.24, 2.45) is 0 Å². The van der Waals surface area contributed by atoms with E-state index in [0.29, 0.717) is 6.07 Å². The molecule has 0 spiro atoms. The van der Waals surface area contributed by atoms with Gasteiger partial charge in [-0.3, -0.25) is 4.98 Å². The van der Waals surface area contributed by atoms with Gasteiger partial charge in [0.2, 0.25) is 0 Å². The van der Waals surface area contributed by atoms with Gasteiger partial charge in [0, 0.05) is 5.69 Å². The Hall–Kier alpha value is -2.38. The maximum atomic E-state index is 13.1. The van der Waals surface area contributed by atoms with Gasteiger partial charge in [0.1, 0.15) is 11.6 Å². The Bertz CT molecular complexity index is 597. The Labute approximate surface area is 105 Å². The average molecular weight is 272 g/mol. The quantitative estimate of drug-likeness (QED) is 0.825. The van der Waals surface area contributed by atoms with Gasteiger partial charge in [-0.25, -0.2) is 9.37 Å². The molecule has 100 valence electrons. The van der Waals surface area contributed by atoms with Crippen molar-refractivity contribution in [2.75, 3.05) is 11.1 Å². The van der Waals surface area contributed by atoms with Gasteiger partial charge in [0.25, 0.3) is 0 Å². The van der Waals surface area contributed by atoms with Crippen LogP contribution in [0.15, 0.2) is 30.6 Å². The molecule has 0 unspecified atom stereocenters. The van der Waals surface area contributed by atoms with Crippen LogP contribution in [0.2, 0.25) is 0 Å². The lowest BCUT2D eigenvalue weighted by Crippen LogP contribution is -2.09. The first-order chi connectivity index (χ1) is 8.86. The number of halogens is 4. The van der Waals surface area contributed by atoms with E-state index < -0.39 is 17.6 Å². The zero-order valence-electron chi connectivity index (χ0n) is 9.37. The van der Waals surface area contributed by atoms with E-state index >= 15 is 0 Å². The fourth-order valence-electron chi connectivity index (χ4n) is 1.41. The van der Waals surface area contributed by atoms with E-state index in [1.165, 1.54) is 12.4 Å². The zero-order chi connectivity index (χ0) is 14.0. The highest BCUT2D eigenvalue weighted by Crippen LogP contribution is 2.33. The van der Waals surface area contributed by atoms with Crippen LogP contribution in [0, 0.1) is 5.82 Å². The molecule has 1 aromatic carbocycles. The highest BCUT2D eigenvalue weighted by Gasteiger charge is 2.34. The molecule has 8 heteroatoms. The van der Waals surface area contributed by atoms with Crippen LogP contribution in [0.25, 0.3) is 0 Å². The summed E-state index contributed by atoms with van der Waals surface area (Å²) >= 11 is 0. The Morgan fingerprint density at radius 2 is 1.89 bits per heavy atom. The van der Waals surface area contributed by atoms with Crippen LogP contribution in [0.1, 0.15) is 5.56 Å². The van der Waals surface area contributed by atoms with Gasteiger partial charge >= 0.3 is 6.18 Å². The molecule has 2 aromatic rings. The topological polar surface area (TPSA) is 63.8 Å². The van der Waals surface area contributed by atoms with E-state index in [4.69, 9.17) is 5.73 Å². The van der Waals surface area contributed by atoms with Crippen molar-refractivity contribution in [3.63, 3.8) is 0 Å². The van der Waals surface area contributed by atoms with Crippen LogP contribution in [0.4, 0.5) is 34.9 Å². The molecule has 0 fully saturated rings. The normalized spacial score (nSPS) is 11.4. The van der Waals surface area contributed by atoms with Crippen LogP contribution in [-0.2, 0) is 6.18 Å². The molecular weight excluding hydrogens is 264 g/mol. The number of nitrogen functional groups attached to an aromatic ring is 1. The molecule has 0 radical (unpaired) electrons. The molecule has 0 bridgehead atoms. The Morgan fingerprint density at radius 3 is 2.53 bits per heavy atom. The van der Waals surface area contributed by atoms with Crippen molar-refractivity contribution in [2.45, 2.75) is 6.18 Å². The minimum atomic E-state index is -4.76. The second-order valence-electron chi connectivity index (χ2n) is 3.65. The van der Waals surface area contributed by atoms with Crippen LogP contribution >= 0.6 is 0 Å². The number of rotatable bonds is 2. The van der Waals surface area contributed by atoms with Crippen molar-refractivity contribution >= 4 is 17.3 Å². The predicted octanol–water partition coefficient (Wildman–Crippen LogP) is 2.96. The Morgan fingerprint density at radius 1 is 1.16 bits per heavy atom. The lowest BCUT2D eigenvalue weighted by Gasteiger charge is -2.11. The summed E-state index contributed by atoms with van der Waals surface area (Å²) in [4.78, 5) is 7.53. The van der Waals surface area contributed by atoms with Gasteiger partial charge in [-0.2, -0.15) is 13.2 Å². The summed E-state index contributed by atoms with van der Waals surface area (Å²) in [6.07, 6.45) is -2.19. The summed E-state index contributed by atoms with van der Waals surface area (Å²) < 4.78 is 50.6. The van der Waals surface area contributed by atoms with Gasteiger partial charge in [-0.15, -0.1) is 0 Å². The van der Waals surface area contributed by atoms with Gasteiger partial charge in [-0.1, -0.05) is 0 Å². The van der Waals surface area contributed by atoms with E-state index in [0.717, 1.165) is 12.1 Å². The standard InChI is InChI=1S/C11H8F4N4/c12-8-2-1-6(3-7(8)11(13,14)15)18-10-5-17-4-9(16)19-10/h1-5H,(H3,16,18,19). The molecule has 4 nitrogen and oxygen atoms in total. The van der Waals surface area contributed by atoms with E-state index in [1.54, 1.807) is 0 Å². The van der Waals surface area contributed by atoms with Crippen LogP contribution in [0.5, 0.6) is 0 Å². The second-order valence-corrected chi connectivity index (χ2v) is 3.65. The Kier molecular flexibility index (Phi) is 3.24. The summed E-state index contributed by atoms with van der Waals surface area (Å²) in [5.74, 6) is -1.06. The zero-order valence-corrected chi connectivity index (χ0v) is 9.37. The van der Waals surface area contributed by atoms with Crippen LogP contribution < -0.4 is 11.1 Å². The fourth-order valence-corrected chi connectivity index (χ4v) is 1.41. The summed E-state index contributed by atoms with van der Waals surface area (Å²) in [5, 5.41) is 2.56. The van der Waals surface area contributed by atoms with Crippen molar-refractivity contribution < 1.29 is 17.6 Å². The highest BCUT2D eigenvalue weighted by atomic mass is 19.4. The van der Waals surface area contributed by atoms with Crippen molar-refractivity contribution in [3.8, 4) is 0 Å². The molecule has 1 aromatic heterocycles. The highest BCUT2D eigenvalue weighted by molar-refractivity contribution is 5.57. The minimum Gasteiger partial charge on any atom is -0.382 e. The third-order valence-electron chi connectivity index (χ3n) is 2.20. The van der Waals surface area contributed by atoms with E-state index in [2.05, 4.69) is 15.3 Å². The molecule has 3 N–H and O–H groups in total. The van der Waals surface area contributed by atoms with Crippen molar-refractivity contribution in [1.29, 1.82) is 0 Å². The smallest absolute Gasteiger partial charge is 0.382 e. The van der Waals surface area contributed by atoms with Crippen molar-refractivity contribution in [1.82, 2.24) is 9.97 Å². The largest absolute Gasteiger partial charge is 0.419 e.